The van der Waals surface area contributed by atoms with Gasteiger partial charge in [-0.2, -0.15) is 0 Å². The Morgan fingerprint density at radius 1 is 1.46 bits per heavy atom. The van der Waals surface area contributed by atoms with E-state index in [0.29, 0.717) is 12.1 Å². The van der Waals surface area contributed by atoms with Crippen molar-refractivity contribution < 1.29 is 9.50 Å². The van der Waals surface area contributed by atoms with Crippen LogP contribution in [-0.2, 0) is 0 Å². The van der Waals surface area contributed by atoms with Gasteiger partial charge in [-0.15, -0.1) is 0 Å². The van der Waals surface area contributed by atoms with Crippen LogP contribution in [0.15, 0.2) is 24.3 Å². The lowest BCUT2D eigenvalue weighted by Crippen LogP contribution is -2.22. The minimum Gasteiger partial charge on any atom is -0.395 e. The van der Waals surface area contributed by atoms with Crippen molar-refractivity contribution in [3.8, 4) is 0 Å². The molecule has 1 aromatic rings. The molecule has 72 valence electrons. The maximum atomic E-state index is 13.2. The van der Waals surface area contributed by atoms with Crippen molar-refractivity contribution in [3.05, 3.63) is 35.6 Å². The van der Waals surface area contributed by atoms with Crippen LogP contribution in [0.3, 0.4) is 0 Å². The molecule has 0 aliphatic carbocycles. The molecule has 0 bridgehead atoms. The molecule has 0 fully saturated rings. The fourth-order valence-corrected chi connectivity index (χ4v) is 1.22. The number of nitrogens with one attached hydrogen (secondary N) is 1. The molecule has 0 unspecified atom stereocenters. The topological polar surface area (TPSA) is 32.3 Å². The summed E-state index contributed by atoms with van der Waals surface area (Å²) in [4.78, 5) is 0. The number of hydrogen-bond acceptors (Lipinski definition) is 2. The zero-order valence-corrected chi connectivity index (χ0v) is 7.63. The number of aliphatic hydroxyl groups is 1. The van der Waals surface area contributed by atoms with Gasteiger partial charge in [0.25, 0.3) is 0 Å². The fourth-order valence-electron chi connectivity index (χ4n) is 1.22. The lowest BCUT2D eigenvalue weighted by atomic mass is 10.1. The lowest BCUT2D eigenvalue weighted by molar-refractivity contribution is 0.285. The maximum Gasteiger partial charge on any atom is 0.127 e. The Kier molecular flexibility index (Phi) is 3.86. The standard InChI is InChI=1S/C10H14FNO/c1-8(12-6-7-13)9-4-2-3-5-10(9)11/h2-5,8,12-13H,6-7H2,1H3/t8-/m0/s1. The van der Waals surface area contributed by atoms with E-state index in [0.717, 1.165) is 0 Å². The highest BCUT2D eigenvalue weighted by atomic mass is 19.1. The summed E-state index contributed by atoms with van der Waals surface area (Å²) in [6.07, 6.45) is 0. The second-order valence-corrected chi connectivity index (χ2v) is 2.92. The smallest absolute Gasteiger partial charge is 0.127 e. The van der Waals surface area contributed by atoms with Gasteiger partial charge in [0.2, 0.25) is 0 Å². The van der Waals surface area contributed by atoms with Crippen LogP contribution in [0.5, 0.6) is 0 Å². The molecule has 0 saturated heterocycles. The van der Waals surface area contributed by atoms with E-state index in [-0.39, 0.29) is 18.5 Å². The van der Waals surface area contributed by atoms with Gasteiger partial charge < -0.3 is 10.4 Å². The average molecular weight is 183 g/mol. The Morgan fingerprint density at radius 2 is 2.15 bits per heavy atom. The first kappa shape index (κ1) is 10.2. The van der Waals surface area contributed by atoms with Gasteiger partial charge in [-0.25, -0.2) is 4.39 Å². The average Bonchev–Trinajstić information content (AvgIpc) is 2.15. The summed E-state index contributed by atoms with van der Waals surface area (Å²) in [5, 5.41) is 11.6. The third-order valence-corrected chi connectivity index (χ3v) is 1.93. The SMILES string of the molecule is C[C@H](NCCO)c1ccccc1F. The van der Waals surface area contributed by atoms with Crippen LogP contribution >= 0.6 is 0 Å². The summed E-state index contributed by atoms with van der Waals surface area (Å²) in [7, 11) is 0. The predicted octanol–water partition coefficient (Wildman–Crippen LogP) is 1.47. The molecular formula is C10H14FNO. The second kappa shape index (κ2) is 4.94. The van der Waals surface area contributed by atoms with Crippen LogP contribution in [-0.4, -0.2) is 18.3 Å². The minimum atomic E-state index is -0.208. The zero-order chi connectivity index (χ0) is 9.68. The third kappa shape index (κ3) is 2.79. The Hall–Kier alpha value is -0.930. The highest BCUT2D eigenvalue weighted by Gasteiger charge is 2.07. The molecule has 0 aliphatic heterocycles. The first-order chi connectivity index (χ1) is 6.25. The van der Waals surface area contributed by atoms with Crippen molar-refractivity contribution in [1.29, 1.82) is 0 Å². The van der Waals surface area contributed by atoms with E-state index < -0.39 is 0 Å². The van der Waals surface area contributed by atoms with E-state index in [1.165, 1.54) is 6.07 Å². The van der Waals surface area contributed by atoms with Gasteiger partial charge in [0.1, 0.15) is 5.82 Å². The fraction of sp³-hybridized carbons (Fsp3) is 0.400. The molecule has 0 spiro atoms. The van der Waals surface area contributed by atoms with Gasteiger partial charge in [-0.1, -0.05) is 18.2 Å². The Labute approximate surface area is 77.4 Å². The summed E-state index contributed by atoms with van der Waals surface area (Å²) in [5.74, 6) is -0.208. The van der Waals surface area contributed by atoms with Crippen LogP contribution in [0.4, 0.5) is 4.39 Å². The molecule has 0 aromatic heterocycles. The number of aliphatic hydroxyl groups excluding tert-OH is 1. The largest absolute Gasteiger partial charge is 0.395 e. The van der Waals surface area contributed by atoms with Crippen molar-refractivity contribution >= 4 is 0 Å². The molecule has 0 radical (unpaired) electrons. The van der Waals surface area contributed by atoms with Crippen molar-refractivity contribution in [1.82, 2.24) is 5.32 Å². The van der Waals surface area contributed by atoms with Crippen molar-refractivity contribution in [3.63, 3.8) is 0 Å². The van der Waals surface area contributed by atoms with Gasteiger partial charge in [-0.05, 0) is 13.0 Å². The molecule has 0 saturated carbocycles. The highest BCUT2D eigenvalue weighted by molar-refractivity contribution is 5.20. The van der Waals surface area contributed by atoms with Crippen LogP contribution in [0.1, 0.15) is 18.5 Å². The number of hydrogen-bond donors (Lipinski definition) is 2. The van der Waals surface area contributed by atoms with Crippen molar-refractivity contribution in [2.24, 2.45) is 0 Å². The van der Waals surface area contributed by atoms with E-state index in [1.807, 2.05) is 6.92 Å². The molecule has 2 N–H and O–H groups in total. The van der Waals surface area contributed by atoms with Gasteiger partial charge in [0.05, 0.1) is 6.61 Å². The number of halogens is 1. The molecule has 2 nitrogen and oxygen atoms in total. The van der Waals surface area contributed by atoms with Crippen LogP contribution in [0.2, 0.25) is 0 Å². The monoisotopic (exact) mass is 183 g/mol. The van der Waals surface area contributed by atoms with Crippen molar-refractivity contribution in [2.45, 2.75) is 13.0 Å². The number of rotatable bonds is 4. The summed E-state index contributed by atoms with van der Waals surface area (Å²) in [5.41, 5.74) is 0.635. The summed E-state index contributed by atoms with van der Waals surface area (Å²) < 4.78 is 13.2. The van der Waals surface area contributed by atoms with E-state index >= 15 is 0 Å². The summed E-state index contributed by atoms with van der Waals surface area (Å²) in [6, 6.07) is 6.58. The van der Waals surface area contributed by atoms with E-state index in [1.54, 1.807) is 18.2 Å². The second-order valence-electron chi connectivity index (χ2n) is 2.92. The highest BCUT2D eigenvalue weighted by Crippen LogP contribution is 2.15. The molecular weight excluding hydrogens is 169 g/mol. The van der Waals surface area contributed by atoms with Gasteiger partial charge in [0.15, 0.2) is 0 Å². The van der Waals surface area contributed by atoms with E-state index in [9.17, 15) is 4.39 Å². The minimum absolute atomic E-state index is 0.0617. The normalized spacial score (nSPS) is 12.8. The van der Waals surface area contributed by atoms with Gasteiger partial charge in [-0.3, -0.25) is 0 Å². The molecule has 0 amide bonds. The predicted molar refractivity (Wildman–Crippen MR) is 49.9 cm³/mol. The van der Waals surface area contributed by atoms with Crippen molar-refractivity contribution in [2.75, 3.05) is 13.2 Å². The Balaban J connectivity index is 2.65. The van der Waals surface area contributed by atoms with Crippen LogP contribution < -0.4 is 5.32 Å². The molecule has 13 heavy (non-hydrogen) atoms. The van der Waals surface area contributed by atoms with Gasteiger partial charge >= 0.3 is 0 Å². The molecule has 1 atom stereocenters. The quantitative estimate of drug-likeness (QED) is 0.740. The summed E-state index contributed by atoms with van der Waals surface area (Å²) in [6.45, 7) is 2.42. The Morgan fingerprint density at radius 3 is 2.77 bits per heavy atom. The first-order valence-corrected chi connectivity index (χ1v) is 4.34. The molecule has 0 heterocycles. The van der Waals surface area contributed by atoms with E-state index in [4.69, 9.17) is 5.11 Å². The molecule has 3 heteroatoms. The van der Waals surface area contributed by atoms with Crippen LogP contribution in [0, 0.1) is 5.82 Å². The number of benzene rings is 1. The molecule has 1 aromatic carbocycles. The molecule has 0 aliphatic rings. The van der Waals surface area contributed by atoms with Crippen LogP contribution in [0.25, 0.3) is 0 Å². The maximum absolute atomic E-state index is 13.2. The molecule has 1 rings (SSSR count). The van der Waals surface area contributed by atoms with Gasteiger partial charge in [0, 0.05) is 18.2 Å². The lowest BCUT2D eigenvalue weighted by Gasteiger charge is -2.13. The van der Waals surface area contributed by atoms with E-state index in [2.05, 4.69) is 5.32 Å². The first-order valence-electron chi connectivity index (χ1n) is 4.34. The zero-order valence-electron chi connectivity index (χ0n) is 7.63. The Bertz CT molecular complexity index is 265. The third-order valence-electron chi connectivity index (χ3n) is 1.93. The summed E-state index contributed by atoms with van der Waals surface area (Å²) >= 11 is 0.